The lowest BCUT2D eigenvalue weighted by Crippen LogP contribution is -2.50. The maximum absolute atomic E-state index is 14.1. The van der Waals surface area contributed by atoms with Crippen LogP contribution in [0, 0.1) is 11.3 Å². The van der Waals surface area contributed by atoms with Crippen molar-refractivity contribution in [2.45, 2.75) is 25.7 Å². The number of aliphatic hydroxyl groups excluding tert-OH is 1. The molecule has 0 aliphatic carbocycles. The van der Waals surface area contributed by atoms with Crippen LogP contribution in [0.3, 0.4) is 0 Å². The molecule has 1 N–H and O–H groups in total. The van der Waals surface area contributed by atoms with Crippen molar-refractivity contribution >= 4 is 11.6 Å². The highest BCUT2D eigenvalue weighted by Gasteiger charge is 2.51. The highest BCUT2D eigenvalue weighted by Crippen LogP contribution is 2.44. The van der Waals surface area contributed by atoms with Gasteiger partial charge >= 0.3 is 12.0 Å². The van der Waals surface area contributed by atoms with Gasteiger partial charge in [-0.05, 0) is 30.7 Å². The lowest BCUT2D eigenvalue weighted by atomic mass is 10.1. The van der Waals surface area contributed by atoms with E-state index >= 15 is 0 Å². The van der Waals surface area contributed by atoms with E-state index in [1.807, 2.05) is 6.07 Å². The predicted octanol–water partition coefficient (Wildman–Crippen LogP) is 2.52. The standard InChI is InChI=1S/C17H13F2N3O3/c1-10(23)13-3-2-4-14-15(13)25-17(18,19)16(24)22(14)9-11-5-6-21-12(7-11)8-20/h2-7,10,23H,9H2,1H3/t10-/m1/s1. The first-order valence-electron chi connectivity index (χ1n) is 7.38. The number of carbonyl (C=O) groups is 1. The number of benzene rings is 1. The molecular formula is C17H13F2N3O3. The summed E-state index contributed by atoms with van der Waals surface area (Å²) in [5, 5.41) is 18.7. The van der Waals surface area contributed by atoms with Crippen LogP contribution >= 0.6 is 0 Å². The average Bonchev–Trinajstić information content (AvgIpc) is 2.58. The molecule has 0 unspecified atom stereocenters. The highest BCUT2D eigenvalue weighted by molar-refractivity contribution is 6.01. The van der Waals surface area contributed by atoms with Crippen LogP contribution in [0.2, 0.25) is 0 Å². The second-order valence-electron chi connectivity index (χ2n) is 5.54. The molecule has 0 bridgehead atoms. The number of fused-ring (bicyclic) bond motifs is 1. The van der Waals surface area contributed by atoms with Gasteiger partial charge in [-0.1, -0.05) is 12.1 Å². The Balaban J connectivity index is 2.08. The van der Waals surface area contributed by atoms with Gasteiger partial charge in [0, 0.05) is 11.8 Å². The van der Waals surface area contributed by atoms with Crippen LogP contribution in [0.1, 0.15) is 29.8 Å². The molecule has 1 aliphatic heterocycles. The maximum Gasteiger partial charge on any atom is 0.483 e. The third kappa shape index (κ3) is 3.02. The normalized spacial score (nSPS) is 16.6. The Bertz CT molecular complexity index is 878. The number of carbonyl (C=O) groups excluding carboxylic acids is 1. The van der Waals surface area contributed by atoms with Crippen LogP contribution in [-0.4, -0.2) is 22.1 Å². The minimum absolute atomic E-state index is 0.114. The quantitative estimate of drug-likeness (QED) is 0.924. The number of ether oxygens (including phenoxy) is 1. The Morgan fingerprint density at radius 3 is 2.88 bits per heavy atom. The van der Waals surface area contributed by atoms with Gasteiger partial charge in [0.1, 0.15) is 11.8 Å². The van der Waals surface area contributed by atoms with Gasteiger partial charge < -0.3 is 9.84 Å². The molecule has 8 heteroatoms. The summed E-state index contributed by atoms with van der Waals surface area (Å²) < 4.78 is 32.7. The number of amides is 1. The molecule has 25 heavy (non-hydrogen) atoms. The summed E-state index contributed by atoms with van der Waals surface area (Å²) in [5.41, 5.74) is 0.862. The van der Waals surface area contributed by atoms with Gasteiger partial charge in [0.25, 0.3) is 0 Å². The van der Waals surface area contributed by atoms with E-state index in [4.69, 9.17) is 5.26 Å². The zero-order chi connectivity index (χ0) is 18.2. The molecule has 1 aliphatic rings. The highest BCUT2D eigenvalue weighted by atomic mass is 19.3. The first kappa shape index (κ1) is 16.8. The third-order valence-electron chi connectivity index (χ3n) is 3.77. The van der Waals surface area contributed by atoms with Crippen molar-refractivity contribution < 1.29 is 23.4 Å². The Morgan fingerprint density at radius 2 is 2.20 bits per heavy atom. The Kier molecular flexibility index (Phi) is 4.10. The number of rotatable bonds is 3. The van der Waals surface area contributed by atoms with Crippen LogP contribution in [-0.2, 0) is 11.3 Å². The van der Waals surface area contributed by atoms with Crippen molar-refractivity contribution in [1.29, 1.82) is 5.26 Å². The van der Waals surface area contributed by atoms with E-state index in [-0.39, 0.29) is 29.2 Å². The molecule has 6 nitrogen and oxygen atoms in total. The molecule has 1 aromatic heterocycles. The van der Waals surface area contributed by atoms with Crippen molar-refractivity contribution in [3.63, 3.8) is 0 Å². The fraction of sp³-hybridized carbons (Fsp3) is 0.235. The van der Waals surface area contributed by atoms with Crippen LogP contribution < -0.4 is 9.64 Å². The van der Waals surface area contributed by atoms with Crippen LogP contribution in [0.25, 0.3) is 0 Å². The number of aromatic nitrogens is 1. The van der Waals surface area contributed by atoms with E-state index in [1.165, 1.54) is 37.4 Å². The first-order valence-corrected chi connectivity index (χ1v) is 7.38. The molecule has 1 aromatic carbocycles. The van der Waals surface area contributed by atoms with Crippen molar-refractivity contribution in [1.82, 2.24) is 4.98 Å². The lowest BCUT2D eigenvalue weighted by Gasteiger charge is -2.35. The molecule has 1 amide bonds. The number of anilines is 1. The summed E-state index contributed by atoms with van der Waals surface area (Å²) >= 11 is 0. The van der Waals surface area contributed by atoms with E-state index in [0.29, 0.717) is 5.56 Å². The van der Waals surface area contributed by atoms with Gasteiger partial charge in [0.05, 0.1) is 18.3 Å². The summed E-state index contributed by atoms with van der Waals surface area (Å²) in [6.45, 7) is 1.23. The molecule has 0 spiro atoms. The monoisotopic (exact) mass is 345 g/mol. The number of pyridine rings is 1. The number of hydrogen-bond acceptors (Lipinski definition) is 5. The smallest absolute Gasteiger partial charge is 0.423 e. The molecule has 0 fully saturated rings. The number of nitrogens with zero attached hydrogens (tertiary/aromatic N) is 3. The number of para-hydroxylation sites is 1. The Morgan fingerprint density at radius 1 is 1.44 bits per heavy atom. The molecule has 2 aromatic rings. The molecule has 0 saturated heterocycles. The van der Waals surface area contributed by atoms with Gasteiger partial charge in [-0.15, -0.1) is 0 Å². The van der Waals surface area contributed by atoms with Gasteiger partial charge in [0.2, 0.25) is 0 Å². The molecule has 1 atom stereocenters. The minimum atomic E-state index is -4.05. The molecule has 0 radical (unpaired) electrons. The molecule has 2 heterocycles. The summed E-state index contributed by atoms with van der Waals surface area (Å²) in [7, 11) is 0. The molecule has 3 rings (SSSR count). The minimum Gasteiger partial charge on any atom is -0.423 e. The fourth-order valence-corrected chi connectivity index (χ4v) is 2.61. The van der Waals surface area contributed by atoms with Gasteiger partial charge in [-0.25, -0.2) is 4.98 Å². The zero-order valence-corrected chi connectivity index (χ0v) is 13.1. The van der Waals surface area contributed by atoms with Crippen LogP contribution in [0.15, 0.2) is 36.5 Å². The van der Waals surface area contributed by atoms with Crippen molar-refractivity contribution in [3.05, 3.63) is 53.3 Å². The Labute approximate surface area is 141 Å². The maximum atomic E-state index is 14.1. The number of nitriles is 1. The number of hydrogen-bond donors (Lipinski definition) is 1. The van der Waals surface area contributed by atoms with E-state index in [9.17, 15) is 18.7 Å². The fourth-order valence-electron chi connectivity index (χ4n) is 2.61. The second-order valence-corrected chi connectivity index (χ2v) is 5.54. The van der Waals surface area contributed by atoms with Crippen molar-refractivity contribution in [3.8, 4) is 11.8 Å². The molecular weight excluding hydrogens is 332 g/mol. The van der Waals surface area contributed by atoms with Crippen molar-refractivity contribution in [2.24, 2.45) is 0 Å². The third-order valence-corrected chi connectivity index (χ3v) is 3.77. The van der Waals surface area contributed by atoms with Crippen molar-refractivity contribution in [2.75, 3.05) is 4.90 Å². The zero-order valence-electron chi connectivity index (χ0n) is 13.1. The van der Waals surface area contributed by atoms with E-state index in [1.54, 1.807) is 6.07 Å². The van der Waals surface area contributed by atoms with Gasteiger partial charge in [-0.3, -0.25) is 9.69 Å². The second kappa shape index (κ2) is 6.11. The summed E-state index contributed by atoms with van der Waals surface area (Å²) in [4.78, 5) is 16.8. The summed E-state index contributed by atoms with van der Waals surface area (Å²) in [6.07, 6.45) is -3.74. The van der Waals surface area contributed by atoms with Crippen LogP contribution in [0.4, 0.5) is 14.5 Å². The van der Waals surface area contributed by atoms with Gasteiger partial charge in [0.15, 0.2) is 5.75 Å². The van der Waals surface area contributed by atoms with E-state index in [2.05, 4.69) is 9.72 Å². The topological polar surface area (TPSA) is 86.5 Å². The molecule has 128 valence electrons. The molecule has 0 saturated carbocycles. The van der Waals surface area contributed by atoms with Gasteiger partial charge in [-0.2, -0.15) is 14.0 Å². The SMILES string of the molecule is C[C@@H](O)c1cccc2c1OC(F)(F)C(=O)N2Cc1ccnc(C#N)c1. The number of alkyl halides is 2. The largest absolute Gasteiger partial charge is 0.483 e. The number of halogens is 2. The van der Waals surface area contributed by atoms with E-state index < -0.39 is 18.1 Å². The number of aliphatic hydroxyl groups is 1. The lowest BCUT2D eigenvalue weighted by molar-refractivity contribution is -0.193. The first-order chi connectivity index (χ1) is 11.8. The average molecular weight is 345 g/mol. The summed E-state index contributed by atoms with van der Waals surface area (Å²) in [5.74, 6) is -1.75. The predicted molar refractivity (Wildman–Crippen MR) is 82.8 cm³/mol. The van der Waals surface area contributed by atoms with Crippen LogP contribution in [0.5, 0.6) is 5.75 Å². The van der Waals surface area contributed by atoms with E-state index in [0.717, 1.165) is 4.90 Å². The summed E-state index contributed by atoms with van der Waals surface area (Å²) in [6, 6.07) is 9.25. The Hall–Kier alpha value is -3.05.